The predicted octanol–water partition coefficient (Wildman–Crippen LogP) is 4.64. The fourth-order valence-corrected chi connectivity index (χ4v) is 3.79. The Morgan fingerprint density at radius 3 is 2.36 bits per heavy atom. The molecule has 28 heavy (non-hydrogen) atoms. The summed E-state index contributed by atoms with van der Waals surface area (Å²) in [5.74, 6) is 0.574. The summed E-state index contributed by atoms with van der Waals surface area (Å²) in [5, 5.41) is 3.72. The molecule has 4 nitrogen and oxygen atoms in total. The zero-order valence-corrected chi connectivity index (χ0v) is 17.0. The summed E-state index contributed by atoms with van der Waals surface area (Å²) in [4.78, 5) is 26.7. The maximum atomic E-state index is 12.5. The number of likely N-dealkylation sites (tertiary alicyclic amines) is 1. The van der Waals surface area contributed by atoms with Gasteiger partial charge in [-0.25, -0.2) is 0 Å². The first-order valence-electron chi connectivity index (χ1n) is 9.92. The van der Waals surface area contributed by atoms with Crippen LogP contribution in [-0.4, -0.2) is 35.8 Å². The van der Waals surface area contributed by atoms with E-state index in [2.05, 4.69) is 17.4 Å². The second-order valence-corrected chi connectivity index (χ2v) is 7.92. The van der Waals surface area contributed by atoms with Gasteiger partial charge in [-0.05, 0) is 61.9 Å². The zero-order chi connectivity index (χ0) is 19.9. The molecule has 2 aromatic rings. The Labute approximate surface area is 171 Å². The third kappa shape index (κ3) is 5.59. The molecule has 1 saturated heterocycles. The van der Waals surface area contributed by atoms with E-state index in [-0.39, 0.29) is 17.9 Å². The standard InChI is InChI=1S/C23H27ClN2O2/c1-17(25-23(28)20-5-3-2-4-6-20)7-12-22(27)26-15-13-19(14-16-26)18-8-10-21(24)11-9-18/h2-6,8-11,17,19H,7,12-16H2,1H3,(H,25,28). The minimum Gasteiger partial charge on any atom is -0.350 e. The Bertz CT molecular complexity index is 784. The molecule has 1 N–H and O–H groups in total. The van der Waals surface area contributed by atoms with Gasteiger partial charge < -0.3 is 10.2 Å². The molecule has 2 amide bonds. The molecule has 5 heteroatoms. The van der Waals surface area contributed by atoms with Crippen molar-refractivity contribution in [3.63, 3.8) is 0 Å². The fourth-order valence-electron chi connectivity index (χ4n) is 3.66. The van der Waals surface area contributed by atoms with Crippen LogP contribution in [0.5, 0.6) is 0 Å². The minimum atomic E-state index is -0.0932. The number of amides is 2. The molecular formula is C23H27ClN2O2. The number of hydrogen-bond acceptors (Lipinski definition) is 2. The van der Waals surface area contributed by atoms with Crippen LogP contribution in [0.25, 0.3) is 0 Å². The summed E-state index contributed by atoms with van der Waals surface area (Å²) in [6.07, 6.45) is 3.07. The van der Waals surface area contributed by atoms with E-state index in [1.165, 1.54) is 5.56 Å². The van der Waals surface area contributed by atoms with Crippen LogP contribution in [0.4, 0.5) is 0 Å². The van der Waals surface area contributed by atoms with Crippen LogP contribution in [0.3, 0.4) is 0 Å². The monoisotopic (exact) mass is 398 g/mol. The summed E-state index contributed by atoms with van der Waals surface area (Å²) < 4.78 is 0. The van der Waals surface area contributed by atoms with Crippen LogP contribution >= 0.6 is 11.6 Å². The van der Waals surface area contributed by atoms with E-state index >= 15 is 0 Å². The van der Waals surface area contributed by atoms with Gasteiger partial charge >= 0.3 is 0 Å². The molecule has 1 fully saturated rings. The van der Waals surface area contributed by atoms with Gasteiger partial charge in [0, 0.05) is 36.1 Å². The normalized spacial score (nSPS) is 15.9. The largest absolute Gasteiger partial charge is 0.350 e. The smallest absolute Gasteiger partial charge is 0.251 e. The SMILES string of the molecule is CC(CCC(=O)N1CCC(c2ccc(Cl)cc2)CC1)NC(=O)c1ccccc1. The van der Waals surface area contributed by atoms with Crippen LogP contribution < -0.4 is 5.32 Å². The van der Waals surface area contributed by atoms with Crippen LogP contribution in [0, 0.1) is 0 Å². The third-order valence-electron chi connectivity index (χ3n) is 5.39. The molecule has 1 heterocycles. The van der Waals surface area contributed by atoms with E-state index in [0.717, 1.165) is 31.0 Å². The molecule has 0 radical (unpaired) electrons. The van der Waals surface area contributed by atoms with Crippen molar-refractivity contribution in [1.29, 1.82) is 0 Å². The van der Waals surface area contributed by atoms with Crippen LogP contribution in [0.1, 0.15) is 54.4 Å². The van der Waals surface area contributed by atoms with E-state index in [9.17, 15) is 9.59 Å². The van der Waals surface area contributed by atoms with Gasteiger partial charge in [0.15, 0.2) is 0 Å². The quantitative estimate of drug-likeness (QED) is 0.770. The molecule has 3 rings (SSSR count). The molecule has 0 aliphatic carbocycles. The van der Waals surface area contributed by atoms with Gasteiger partial charge in [0.1, 0.15) is 0 Å². The fraction of sp³-hybridized carbons (Fsp3) is 0.391. The van der Waals surface area contributed by atoms with E-state index in [1.807, 2.05) is 42.2 Å². The molecular weight excluding hydrogens is 372 g/mol. The maximum Gasteiger partial charge on any atom is 0.251 e. The molecule has 2 aromatic carbocycles. The molecule has 0 bridgehead atoms. The maximum absolute atomic E-state index is 12.5. The van der Waals surface area contributed by atoms with Gasteiger partial charge in [0.2, 0.25) is 5.91 Å². The lowest BCUT2D eigenvalue weighted by molar-refractivity contribution is -0.132. The van der Waals surface area contributed by atoms with Crippen molar-refractivity contribution in [3.05, 3.63) is 70.7 Å². The second kappa shape index (κ2) is 9.74. The van der Waals surface area contributed by atoms with Crippen LogP contribution in [0.15, 0.2) is 54.6 Å². The van der Waals surface area contributed by atoms with Gasteiger partial charge in [-0.3, -0.25) is 9.59 Å². The Morgan fingerprint density at radius 1 is 1.07 bits per heavy atom. The number of carbonyl (C=O) groups is 2. The van der Waals surface area contributed by atoms with E-state index in [1.54, 1.807) is 12.1 Å². The molecule has 1 unspecified atom stereocenters. The van der Waals surface area contributed by atoms with Crippen molar-refractivity contribution in [2.45, 2.75) is 44.6 Å². The Balaban J connectivity index is 1.40. The number of halogens is 1. The lowest BCUT2D eigenvalue weighted by Gasteiger charge is -2.32. The molecule has 0 aromatic heterocycles. The average molecular weight is 399 g/mol. The van der Waals surface area contributed by atoms with Crippen molar-refractivity contribution in [3.8, 4) is 0 Å². The van der Waals surface area contributed by atoms with Crippen molar-refractivity contribution < 1.29 is 9.59 Å². The molecule has 0 saturated carbocycles. The van der Waals surface area contributed by atoms with Gasteiger partial charge in [0.25, 0.3) is 5.91 Å². The van der Waals surface area contributed by atoms with Crippen LogP contribution in [-0.2, 0) is 4.79 Å². The van der Waals surface area contributed by atoms with Gasteiger partial charge in [-0.1, -0.05) is 41.9 Å². The first-order valence-corrected chi connectivity index (χ1v) is 10.3. The summed E-state index contributed by atoms with van der Waals surface area (Å²) in [6, 6.07) is 17.1. The molecule has 148 valence electrons. The van der Waals surface area contributed by atoms with E-state index in [0.29, 0.717) is 24.3 Å². The Morgan fingerprint density at radius 2 is 1.71 bits per heavy atom. The number of rotatable bonds is 6. The lowest BCUT2D eigenvalue weighted by atomic mass is 9.89. The molecule has 1 atom stereocenters. The zero-order valence-electron chi connectivity index (χ0n) is 16.2. The first kappa shape index (κ1) is 20.4. The molecule has 1 aliphatic heterocycles. The number of hydrogen-bond donors (Lipinski definition) is 1. The van der Waals surface area contributed by atoms with E-state index in [4.69, 9.17) is 11.6 Å². The topological polar surface area (TPSA) is 49.4 Å². The molecule has 1 aliphatic rings. The number of carbonyl (C=O) groups excluding carboxylic acids is 2. The van der Waals surface area contributed by atoms with Crippen molar-refractivity contribution in [2.24, 2.45) is 0 Å². The first-order chi connectivity index (χ1) is 13.5. The third-order valence-corrected chi connectivity index (χ3v) is 5.65. The highest BCUT2D eigenvalue weighted by molar-refractivity contribution is 6.30. The highest BCUT2D eigenvalue weighted by Gasteiger charge is 2.24. The summed E-state index contributed by atoms with van der Waals surface area (Å²) in [5.41, 5.74) is 1.94. The highest BCUT2D eigenvalue weighted by Crippen LogP contribution is 2.29. The Kier molecular flexibility index (Phi) is 7.10. The number of benzene rings is 2. The van der Waals surface area contributed by atoms with E-state index < -0.39 is 0 Å². The number of nitrogens with zero attached hydrogens (tertiary/aromatic N) is 1. The lowest BCUT2D eigenvalue weighted by Crippen LogP contribution is -2.39. The summed E-state index contributed by atoms with van der Waals surface area (Å²) in [7, 11) is 0. The van der Waals surface area contributed by atoms with Crippen molar-refractivity contribution in [1.82, 2.24) is 10.2 Å². The van der Waals surface area contributed by atoms with Crippen LogP contribution in [0.2, 0.25) is 5.02 Å². The van der Waals surface area contributed by atoms with Gasteiger partial charge in [0.05, 0.1) is 0 Å². The number of nitrogens with one attached hydrogen (secondary N) is 1. The van der Waals surface area contributed by atoms with Gasteiger partial charge in [-0.2, -0.15) is 0 Å². The average Bonchev–Trinajstić information content (AvgIpc) is 2.73. The predicted molar refractivity (Wildman–Crippen MR) is 113 cm³/mol. The Hall–Kier alpha value is -2.33. The highest BCUT2D eigenvalue weighted by atomic mass is 35.5. The van der Waals surface area contributed by atoms with Gasteiger partial charge in [-0.15, -0.1) is 0 Å². The second-order valence-electron chi connectivity index (χ2n) is 7.49. The summed E-state index contributed by atoms with van der Waals surface area (Å²) >= 11 is 5.96. The van der Waals surface area contributed by atoms with Crippen molar-refractivity contribution >= 4 is 23.4 Å². The summed E-state index contributed by atoms with van der Waals surface area (Å²) in [6.45, 7) is 3.52. The van der Waals surface area contributed by atoms with Crippen molar-refractivity contribution in [2.75, 3.05) is 13.1 Å². The number of piperidine rings is 1. The molecule has 0 spiro atoms. The minimum absolute atomic E-state index is 0.0386.